The Morgan fingerprint density at radius 1 is 1.40 bits per heavy atom. The van der Waals surface area contributed by atoms with Crippen LogP contribution >= 0.6 is 0 Å². The molecule has 0 saturated heterocycles. The second-order valence-corrected chi connectivity index (χ2v) is 3.49. The van der Waals surface area contributed by atoms with E-state index in [1.165, 1.54) is 0 Å². The topological polar surface area (TPSA) is 61.8 Å². The van der Waals surface area contributed by atoms with Crippen molar-refractivity contribution in [2.45, 2.75) is 0 Å². The summed E-state index contributed by atoms with van der Waals surface area (Å²) < 4.78 is 1.89. The molecule has 0 radical (unpaired) electrons. The summed E-state index contributed by atoms with van der Waals surface area (Å²) >= 11 is 0. The lowest BCUT2D eigenvalue weighted by Crippen LogP contribution is -2.14. The minimum atomic E-state index is 0.709. The van der Waals surface area contributed by atoms with E-state index < -0.39 is 0 Å². The Balaban J connectivity index is 2.23. The fourth-order valence-electron chi connectivity index (χ4n) is 1.35. The Kier molecular flexibility index (Phi) is 2.32. The number of rotatable bonds is 3. The van der Waals surface area contributed by atoms with Crippen molar-refractivity contribution in [3.8, 4) is 0 Å². The van der Waals surface area contributed by atoms with Gasteiger partial charge in [0.1, 0.15) is 5.82 Å². The minimum absolute atomic E-state index is 0.709. The Morgan fingerprint density at radius 2 is 2.20 bits per heavy atom. The van der Waals surface area contributed by atoms with Crippen LogP contribution in [0, 0.1) is 0 Å². The molecule has 0 atom stereocenters. The van der Waals surface area contributed by atoms with Gasteiger partial charge in [-0.15, -0.1) is 10.2 Å². The molecule has 2 heterocycles. The van der Waals surface area contributed by atoms with Gasteiger partial charge in [0.25, 0.3) is 0 Å². The van der Waals surface area contributed by atoms with E-state index in [0.717, 1.165) is 11.8 Å². The predicted molar refractivity (Wildman–Crippen MR) is 59.4 cm³/mol. The molecule has 15 heavy (non-hydrogen) atoms. The van der Waals surface area contributed by atoms with Gasteiger partial charge in [0.15, 0.2) is 0 Å². The number of anilines is 3. The molecule has 0 spiro atoms. The molecule has 2 aromatic heterocycles. The summed E-state index contributed by atoms with van der Waals surface area (Å²) in [5.41, 5.74) is 0. The molecular weight excluding hydrogens is 192 g/mol. The van der Waals surface area contributed by atoms with E-state index in [2.05, 4.69) is 20.5 Å². The van der Waals surface area contributed by atoms with Crippen LogP contribution in [-0.2, 0) is 7.05 Å². The number of aromatic nitrogens is 4. The standard InChI is InChI=1S/C9H14N6/c1-14(2)9-13-12-8(15(9)3)11-7-5-4-6-10-7/h4-6,10H,1-3H3,(H,11,12). The third kappa shape index (κ3) is 1.78. The molecule has 2 rings (SSSR count). The summed E-state index contributed by atoms with van der Waals surface area (Å²) in [6.07, 6.45) is 1.85. The number of aromatic amines is 1. The maximum Gasteiger partial charge on any atom is 0.231 e. The normalized spacial score (nSPS) is 10.3. The smallest absolute Gasteiger partial charge is 0.231 e. The van der Waals surface area contributed by atoms with Gasteiger partial charge in [-0.1, -0.05) is 0 Å². The molecule has 6 heteroatoms. The quantitative estimate of drug-likeness (QED) is 0.785. The Labute approximate surface area is 87.9 Å². The number of H-pyrrole nitrogens is 1. The van der Waals surface area contributed by atoms with E-state index in [-0.39, 0.29) is 0 Å². The first-order valence-electron chi connectivity index (χ1n) is 4.65. The van der Waals surface area contributed by atoms with E-state index in [4.69, 9.17) is 0 Å². The molecule has 6 nitrogen and oxygen atoms in total. The van der Waals surface area contributed by atoms with Crippen LogP contribution in [0.15, 0.2) is 18.3 Å². The lowest BCUT2D eigenvalue weighted by atomic mass is 10.6. The second-order valence-electron chi connectivity index (χ2n) is 3.49. The molecular formula is C9H14N6. The van der Waals surface area contributed by atoms with Gasteiger partial charge in [-0.2, -0.15) is 0 Å². The lowest BCUT2D eigenvalue weighted by molar-refractivity contribution is 0.872. The monoisotopic (exact) mass is 206 g/mol. The second kappa shape index (κ2) is 3.64. The predicted octanol–water partition coefficient (Wildman–Crippen LogP) is 0.953. The van der Waals surface area contributed by atoms with Crippen molar-refractivity contribution in [1.29, 1.82) is 0 Å². The Hall–Kier alpha value is -1.98. The van der Waals surface area contributed by atoms with Gasteiger partial charge < -0.3 is 15.2 Å². The van der Waals surface area contributed by atoms with E-state index in [1.807, 2.05) is 48.9 Å². The Bertz CT molecular complexity index is 427. The van der Waals surface area contributed by atoms with Crippen molar-refractivity contribution in [2.24, 2.45) is 7.05 Å². The lowest BCUT2D eigenvalue weighted by Gasteiger charge is -2.10. The first-order chi connectivity index (χ1) is 7.18. The third-order valence-electron chi connectivity index (χ3n) is 2.10. The maximum atomic E-state index is 4.06. The van der Waals surface area contributed by atoms with Crippen molar-refractivity contribution in [3.63, 3.8) is 0 Å². The van der Waals surface area contributed by atoms with Gasteiger partial charge >= 0.3 is 0 Å². The number of hydrogen-bond acceptors (Lipinski definition) is 4. The van der Waals surface area contributed by atoms with Crippen molar-refractivity contribution < 1.29 is 0 Å². The molecule has 0 aliphatic heterocycles. The zero-order chi connectivity index (χ0) is 10.8. The first-order valence-corrected chi connectivity index (χ1v) is 4.65. The van der Waals surface area contributed by atoms with Crippen LogP contribution in [-0.4, -0.2) is 33.8 Å². The summed E-state index contributed by atoms with van der Waals surface area (Å²) in [4.78, 5) is 4.96. The molecule has 0 aromatic carbocycles. The highest BCUT2D eigenvalue weighted by molar-refractivity contribution is 5.50. The van der Waals surface area contributed by atoms with Crippen molar-refractivity contribution in [2.75, 3.05) is 24.3 Å². The summed E-state index contributed by atoms with van der Waals surface area (Å²) in [6, 6.07) is 3.86. The molecule has 80 valence electrons. The summed E-state index contributed by atoms with van der Waals surface area (Å²) in [7, 11) is 5.78. The number of hydrogen-bond donors (Lipinski definition) is 2. The van der Waals surface area contributed by atoms with Crippen molar-refractivity contribution >= 4 is 17.7 Å². The van der Waals surface area contributed by atoms with Crippen LogP contribution < -0.4 is 10.2 Å². The van der Waals surface area contributed by atoms with Crippen LogP contribution in [0.3, 0.4) is 0 Å². The molecule has 0 aliphatic carbocycles. The Morgan fingerprint density at radius 3 is 2.73 bits per heavy atom. The highest BCUT2D eigenvalue weighted by Crippen LogP contribution is 2.15. The fraction of sp³-hybridized carbons (Fsp3) is 0.333. The largest absolute Gasteiger partial charge is 0.348 e. The van der Waals surface area contributed by atoms with Crippen LogP contribution in [0.2, 0.25) is 0 Å². The van der Waals surface area contributed by atoms with E-state index >= 15 is 0 Å². The van der Waals surface area contributed by atoms with Gasteiger partial charge in [0, 0.05) is 27.3 Å². The van der Waals surface area contributed by atoms with Gasteiger partial charge in [-0.3, -0.25) is 4.57 Å². The molecule has 0 saturated carbocycles. The molecule has 0 aliphatic rings. The summed E-state index contributed by atoms with van der Waals surface area (Å²) in [5, 5.41) is 11.2. The van der Waals surface area contributed by atoms with Gasteiger partial charge in [-0.25, -0.2) is 0 Å². The van der Waals surface area contributed by atoms with Crippen LogP contribution in [0.4, 0.5) is 17.7 Å². The first kappa shape index (κ1) is 9.57. The average Bonchev–Trinajstić information content (AvgIpc) is 2.78. The van der Waals surface area contributed by atoms with E-state index in [9.17, 15) is 0 Å². The van der Waals surface area contributed by atoms with Crippen LogP contribution in [0.5, 0.6) is 0 Å². The number of nitrogens with one attached hydrogen (secondary N) is 2. The van der Waals surface area contributed by atoms with E-state index in [0.29, 0.717) is 5.95 Å². The van der Waals surface area contributed by atoms with Gasteiger partial charge in [-0.05, 0) is 12.1 Å². The fourth-order valence-corrected chi connectivity index (χ4v) is 1.35. The van der Waals surface area contributed by atoms with Gasteiger partial charge in [0.05, 0.1) is 0 Å². The van der Waals surface area contributed by atoms with Crippen molar-refractivity contribution in [3.05, 3.63) is 18.3 Å². The van der Waals surface area contributed by atoms with Crippen LogP contribution in [0.1, 0.15) is 0 Å². The molecule has 0 unspecified atom stereocenters. The minimum Gasteiger partial charge on any atom is -0.348 e. The molecule has 0 bridgehead atoms. The molecule has 2 aromatic rings. The molecule has 0 amide bonds. The van der Waals surface area contributed by atoms with E-state index in [1.54, 1.807) is 0 Å². The van der Waals surface area contributed by atoms with Gasteiger partial charge in [0.2, 0.25) is 11.9 Å². The average molecular weight is 206 g/mol. The summed E-state index contributed by atoms with van der Waals surface area (Å²) in [6.45, 7) is 0. The SMILES string of the molecule is CN(C)c1nnc(Nc2ccc[nH]2)n1C. The zero-order valence-electron chi connectivity index (χ0n) is 9.02. The highest BCUT2D eigenvalue weighted by Gasteiger charge is 2.09. The summed E-state index contributed by atoms with van der Waals surface area (Å²) in [5.74, 6) is 2.42. The zero-order valence-corrected chi connectivity index (χ0v) is 9.02. The van der Waals surface area contributed by atoms with Crippen LogP contribution in [0.25, 0.3) is 0 Å². The molecule has 2 N–H and O–H groups in total. The third-order valence-corrected chi connectivity index (χ3v) is 2.10. The van der Waals surface area contributed by atoms with Crippen molar-refractivity contribution in [1.82, 2.24) is 19.7 Å². The maximum absolute atomic E-state index is 4.06. The highest BCUT2D eigenvalue weighted by atomic mass is 15.4. The molecule has 0 fully saturated rings. The number of nitrogens with zero attached hydrogens (tertiary/aromatic N) is 4.